The van der Waals surface area contributed by atoms with Gasteiger partial charge < -0.3 is 20.5 Å². The molecule has 0 aromatic heterocycles. The second-order valence-corrected chi connectivity index (χ2v) is 5.42. The molecule has 0 saturated carbocycles. The fourth-order valence-corrected chi connectivity index (χ4v) is 1.72. The highest BCUT2D eigenvalue weighted by atomic mass is 16.5. The first-order valence-electron chi connectivity index (χ1n) is 6.37. The summed E-state index contributed by atoms with van der Waals surface area (Å²) in [6.45, 7) is 6.33. The Bertz CT molecular complexity index is 484. The van der Waals surface area contributed by atoms with E-state index in [2.05, 4.69) is 10.6 Å². The van der Waals surface area contributed by atoms with Gasteiger partial charge in [0, 0.05) is 12.1 Å². The molecule has 0 fully saturated rings. The van der Waals surface area contributed by atoms with E-state index in [-0.39, 0.29) is 18.1 Å². The van der Waals surface area contributed by atoms with Gasteiger partial charge in [-0.25, -0.2) is 0 Å². The Balaban J connectivity index is 2.06. The molecule has 1 aromatic carbocycles. The smallest absolute Gasteiger partial charge is 0.262 e. The maximum atomic E-state index is 11.3. The third-order valence-corrected chi connectivity index (χ3v) is 3.47. The fraction of sp³-hybridized carbons (Fsp3) is 0.500. The van der Waals surface area contributed by atoms with E-state index in [9.17, 15) is 9.90 Å². The Hall–Kier alpha value is -1.59. The molecule has 0 radical (unpaired) electrons. The molecule has 1 amide bonds. The predicted octanol–water partition coefficient (Wildman–Crippen LogP) is 1.27. The lowest BCUT2D eigenvalue weighted by Gasteiger charge is -2.29. The second kappa shape index (κ2) is 5.19. The molecule has 1 aliphatic heterocycles. The SMILES string of the molecule is CC(O)C(C)(C)NCc1ccc2c(c1)NC(=O)CO2. The zero-order valence-corrected chi connectivity index (χ0v) is 11.5. The van der Waals surface area contributed by atoms with Gasteiger partial charge in [-0.15, -0.1) is 0 Å². The van der Waals surface area contributed by atoms with Crippen LogP contribution in [0, 0.1) is 0 Å². The van der Waals surface area contributed by atoms with Gasteiger partial charge in [0.2, 0.25) is 0 Å². The Morgan fingerprint density at radius 2 is 2.26 bits per heavy atom. The average molecular weight is 264 g/mol. The van der Waals surface area contributed by atoms with Crippen LogP contribution in [0.25, 0.3) is 0 Å². The summed E-state index contributed by atoms with van der Waals surface area (Å²) in [4.78, 5) is 11.3. The highest BCUT2D eigenvalue weighted by molar-refractivity contribution is 5.95. The highest BCUT2D eigenvalue weighted by Gasteiger charge is 2.23. The molecule has 1 atom stereocenters. The number of benzene rings is 1. The van der Waals surface area contributed by atoms with E-state index in [1.54, 1.807) is 6.92 Å². The zero-order chi connectivity index (χ0) is 14.0. The summed E-state index contributed by atoms with van der Waals surface area (Å²) < 4.78 is 5.30. The number of aliphatic hydroxyl groups excluding tert-OH is 1. The molecule has 3 N–H and O–H groups in total. The molecule has 104 valence electrons. The number of anilines is 1. The molecule has 1 heterocycles. The molecule has 1 unspecified atom stereocenters. The Morgan fingerprint density at radius 3 is 2.95 bits per heavy atom. The minimum absolute atomic E-state index is 0.0691. The van der Waals surface area contributed by atoms with Crippen molar-refractivity contribution >= 4 is 11.6 Å². The third kappa shape index (κ3) is 3.24. The number of nitrogens with one attached hydrogen (secondary N) is 2. The number of carbonyl (C=O) groups excluding carboxylic acids is 1. The third-order valence-electron chi connectivity index (χ3n) is 3.47. The summed E-state index contributed by atoms with van der Waals surface area (Å²) in [5.74, 6) is 0.556. The van der Waals surface area contributed by atoms with E-state index < -0.39 is 6.10 Å². The van der Waals surface area contributed by atoms with Crippen LogP contribution in [0.15, 0.2) is 18.2 Å². The number of fused-ring (bicyclic) bond motifs is 1. The number of rotatable bonds is 4. The van der Waals surface area contributed by atoms with Gasteiger partial charge >= 0.3 is 0 Å². The number of aliphatic hydroxyl groups is 1. The van der Waals surface area contributed by atoms with Crippen LogP contribution >= 0.6 is 0 Å². The van der Waals surface area contributed by atoms with E-state index >= 15 is 0 Å². The van der Waals surface area contributed by atoms with Gasteiger partial charge in [0.1, 0.15) is 5.75 Å². The second-order valence-electron chi connectivity index (χ2n) is 5.42. The Labute approximate surface area is 113 Å². The normalized spacial score (nSPS) is 16.3. The van der Waals surface area contributed by atoms with Crippen LogP contribution in [0.4, 0.5) is 5.69 Å². The standard InChI is InChI=1S/C14H20N2O3/c1-9(17)14(2,3)15-7-10-4-5-12-11(6-10)16-13(18)8-19-12/h4-6,9,15,17H,7-8H2,1-3H3,(H,16,18). The summed E-state index contributed by atoms with van der Waals surface area (Å²) >= 11 is 0. The summed E-state index contributed by atoms with van der Waals surface area (Å²) in [7, 11) is 0. The highest BCUT2D eigenvalue weighted by Crippen LogP contribution is 2.28. The molecule has 5 heteroatoms. The van der Waals surface area contributed by atoms with Gasteiger partial charge in [0.05, 0.1) is 11.8 Å². The van der Waals surface area contributed by atoms with Crippen molar-refractivity contribution in [3.05, 3.63) is 23.8 Å². The lowest BCUT2D eigenvalue weighted by Crippen LogP contribution is -2.47. The Morgan fingerprint density at radius 1 is 1.53 bits per heavy atom. The van der Waals surface area contributed by atoms with Crippen molar-refractivity contribution < 1.29 is 14.6 Å². The molecule has 0 saturated heterocycles. The number of amides is 1. The van der Waals surface area contributed by atoms with Crippen molar-refractivity contribution in [3.63, 3.8) is 0 Å². The van der Waals surface area contributed by atoms with Crippen molar-refractivity contribution in [1.82, 2.24) is 5.32 Å². The number of ether oxygens (including phenoxy) is 1. The van der Waals surface area contributed by atoms with Gasteiger partial charge in [0.25, 0.3) is 5.91 Å². The predicted molar refractivity (Wildman–Crippen MR) is 73.2 cm³/mol. The average Bonchev–Trinajstić information content (AvgIpc) is 2.35. The number of carbonyl (C=O) groups is 1. The molecule has 1 aromatic rings. The zero-order valence-electron chi connectivity index (χ0n) is 11.5. The summed E-state index contributed by atoms with van der Waals surface area (Å²) in [6, 6.07) is 5.68. The van der Waals surface area contributed by atoms with E-state index in [1.165, 1.54) is 0 Å². The van der Waals surface area contributed by atoms with Crippen LogP contribution in [0.3, 0.4) is 0 Å². The maximum Gasteiger partial charge on any atom is 0.262 e. The number of hydrogen-bond acceptors (Lipinski definition) is 4. The van der Waals surface area contributed by atoms with Crippen molar-refractivity contribution in [3.8, 4) is 5.75 Å². The largest absolute Gasteiger partial charge is 0.482 e. The molecular weight excluding hydrogens is 244 g/mol. The van der Waals surface area contributed by atoms with Gasteiger partial charge in [-0.2, -0.15) is 0 Å². The topological polar surface area (TPSA) is 70.6 Å². The van der Waals surface area contributed by atoms with Crippen LogP contribution in [0.1, 0.15) is 26.3 Å². The summed E-state index contributed by atoms with van der Waals surface area (Å²) in [6.07, 6.45) is -0.451. The monoisotopic (exact) mass is 264 g/mol. The van der Waals surface area contributed by atoms with Crippen LogP contribution < -0.4 is 15.4 Å². The minimum Gasteiger partial charge on any atom is -0.482 e. The number of hydrogen-bond donors (Lipinski definition) is 3. The summed E-state index contributed by atoms with van der Waals surface area (Å²) in [5, 5.41) is 15.7. The van der Waals surface area contributed by atoms with Gasteiger partial charge in [-0.1, -0.05) is 6.07 Å². The van der Waals surface area contributed by atoms with Gasteiger partial charge in [-0.3, -0.25) is 4.79 Å². The molecule has 0 aliphatic carbocycles. The first-order valence-corrected chi connectivity index (χ1v) is 6.37. The van der Waals surface area contributed by atoms with Crippen molar-refractivity contribution in [2.45, 2.75) is 39.0 Å². The van der Waals surface area contributed by atoms with Crippen LogP contribution in [-0.2, 0) is 11.3 Å². The molecule has 5 nitrogen and oxygen atoms in total. The lowest BCUT2D eigenvalue weighted by atomic mass is 9.98. The van der Waals surface area contributed by atoms with Crippen LogP contribution in [0.2, 0.25) is 0 Å². The van der Waals surface area contributed by atoms with Crippen molar-refractivity contribution in [2.75, 3.05) is 11.9 Å². The van der Waals surface area contributed by atoms with Gasteiger partial charge in [-0.05, 0) is 38.5 Å². The fourth-order valence-electron chi connectivity index (χ4n) is 1.72. The van der Waals surface area contributed by atoms with Crippen molar-refractivity contribution in [2.24, 2.45) is 0 Å². The molecule has 0 spiro atoms. The van der Waals surface area contributed by atoms with Crippen molar-refractivity contribution in [1.29, 1.82) is 0 Å². The first kappa shape index (κ1) is 13.8. The molecule has 1 aliphatic rings. The first-order chi connectivity index (χ1) is 8.88. The molecule has 2 rings (SSSR count). The maximum absolute atomic E-state index is 11.3. The van der Waals surface area contributed by atoms with Gasteiger partial charge in [0.15, 0.2) is 6.61 Å². The molecule has 0 bridgehead atoms. The lowest BCUT2D eigenvalue weighted by molar-refractivity contribution is -0.118. The minimum atomic E-state index is -0.451. The van der Waals surface area contributed by atoms with Crippen LogP contribution in [-0.4, -0.2) is 29.3 Å². The Kier molecular flexibility index (Phi) is 3.78. The van der Waals surface area contributed by atoms with E-state index in [0.29, 0.717) is 18.0 Å². The van der Waals surface area contributed by atoms with Crippen LogP contribution in [0.5, 0.6) is 5.75 Å². The van der Waals surface area contributed by atoms with E-state index in [4.69, 9.17) is 4.74 Å². The van der Waals surface area contributed by atoms with E-state index in [1.807, 2.05) is 32.0 Å². The summed E-state index contributed by atoms with van der Waals surface area (Å²) in [5.41, 5.74) is 1.36. The quantitative estimate of drug-likeness (QED) is 0.766. The van der Waals surface area contributed by atoms with E-state index in [0.717, 1.165) is 5.56 Å². The molecular formula is C14H20N2O3. The molecule has 19 heavy (non-hydrogen) atoms.